The first-order valence-electron chi connectivity index (χ1n) is 4.90. The maximum absolute atomic E-state index is 11.9. The van der Waals surface area contributed by atoms with Crippen molar-refractivity contribution in [2.45, 2.75) is 19.4 Å². The summed E-state index contributed by atoms with van der Waals surface area (Å²) in [6.45, 7) is 1.97. The van der Waals surface area contributed by atoms with Gasteiger partial charge in [-0.2, -0.15) is 0 Å². The minimum Gasteiger partial charge on any atom is -0.348 e. The number of carbonyl (C=O) groups excluding carboxylic acids is 1. The van der Waals surface area contributed by atoms with E-state index in [1.807, 2.05) is 6.92 Å². The Bertz CT molecular complexity index is 380. The quantitative estimate of drug-likeness (QED) is 0.837. The van der Waals surface area contributed by atoms with Crippen LogP contribution in [-0.4, -0.2) is 17.8 Å². The summed E-state index contributed by atoms with van der Waals surface area (Å²) in [5, 5.41) is 3.38. The van der Waals surface area contributed by atoms with E-state index in [0.717, 1.165) is 10.9 Å². The van der Waals surface area contributed by atoms with E-state index in [9.17, 15) is 4.79 Å². The number of hydrogen-bond donors (Lipinski definition) is 1. The lowest BCUT2D eigenvalue weighted by Gasteiger charge is -2.14. The third-order valence-electron chi connectivity index (χ3n) is 2.19. The normalized spacial score (nSPS) is 12.2. The second-order valence-electron chi connectivity index (χ2n) is 3.36. The molecule has 16 heavy (non-hydrogen) atoms. The number of alkyl halides is 1. The lowest BCUT2D eigenvalue weighted by Crippen LogP contribution is -2.35. The zero-order chi connectivity index (χ0) is 12.1. The van der Waals surface area contributed by atoms with Gasteiger partial charge in [0.25, 0.3) is 5.91 Å². The van der Waals surface area contributed by atoms with Crippen LogP contribution in [0.1, 0.15) is 23.7 Å². The van der Waals surface area contributed by atoms with Gasteiger partial charge in [-0.3, -0.25) is 4.79 Å². The van der Waals surface area contributed by atoms with Gasteiger partial charge in [-0.15, -0.1) is 11.6 Å². The van der Waals surface area contributed by atoms with Crippen LogP contribution in [0.25, 0.3) is 0 Å². The molecule has 0 aromatic heterocycles. The summed E-state index contributed by atoms with van der Waals surface area (Å²) in [6, 6.07) is 5.09. The van der Waals surface area contributed by atoms with Gasteiger partial charge in [-0.1, -0.05) is 18.5 Å². The van der Waals surface area contributed by atoms with Gasteiger partial charge < -0.3 is 5.32 Å². The number of benzene rings is 1. The molecule has 0 heterocycles. The Kier molecular flexibility index (Phi) is 5.59. The fourth-order valence-electron chi connectivity index (χ4n) is 1.18. The van der Waals surface area contributed by atoms with Gasteiger partial charge in [0.2, 0.25) is 0 Å². The summed E-state index contributed by atoms with van der Waals surface area (Å²) in [7, 11) is 0. The van der Waals surface area contributed by atoms with Crippen molar-refractivity contribution in [3.63, 3.8) is 0 Å². The molecule has 0 aliphatic heterocycles. The van der Waals surface area contributed by atoms with Crippen LogP contribution in [0.4, 0.5) is 0 Å². The third kappa shape index (κ3) is 3.65. The predicted octanol–water partition coefficient (Wildman–Crippen LogP) is 3.85. The Balaban J connectivity index is 2.83. The molecule has 1 amide bonds. The van der Waals surface area contributed by atoms with Gasteiger partial charge in [0, 0.05) is 21.4 Å². The molecule has 1 unspecified atom stereocenters. The molecule has 0 fully saturated rings. The summed E-state index contributed by atoms with van der Waals surface area (Å²) in [5.74, 6) is 0.238. The third-order valence-corrected chi connectivity index (χ3v) is 3.49. The Morgan fingerprint density at radius 2 is 2.25 bits per heavy atom. The Labute approximate surface area is 113 Å². The minimum atomic E-state index is -0.165. The molecule has 0 spiro atoms. The van der Waals surface area contributed by atoms with E-state index in [1.54, 1.807) is 18.2 Å². The maximum atomic E-state index is 11.9. The SMILES string of the molecule is CCC(CCl)NC(=O)c1cc(Cl)ccc1Br. The number of nitrogens with one attached hydrogen (secondary N) is 1. The molecular weight excluding hydrogens is 313 g/mol. The van der Waals surface area contributed by atoms with E-state index in [1.165, 1.54) is 0 Å². The number of amides is 1. The van der Waals surface area contributed by atoms with Crippen molar-refractivity contribution in [1.82, 2.24) is 5.32 Å². The molecule has 0 saturated heterocycles. The first kappa shape index (κ1) is 13.8. The van der Waals surface area contributed by atoms with Crippen LogP contribution in [-0.2, 0) is 0 Å². The molecule has 0 aliphatic rings. The molecule has 0 radical (unpaired) electrons. The van der Waals surface area contributed by atoms with Crippen molar-refractivity contribution < 1.29 is 4.79 Å². The summed E-state index contributed by atoms with van der Waals surface area (Å²) < 4.78 is 0.721. The van der Waals surface area contributed by atoms with E-state index < -0.39 is 0 Å². The summed E-state index contributed by atoms with van der Waals surface area (Å²) in [6.07, 6.45) is 0.799. The standard InChI is InChI=1S/C11H12BrCl2NO/c1-2-8(6-13)15-11(16)9-5-7(14)3-4-10(9)12/h3-5,8H,2,6H2,1H3,(H,15,16). The second kappa shape index (κ2) is 6.48. The molecule has 1 atom stereocenters. The predicted molar refractivity (Wildman–Crippen MR) is 71.4 cm³/mol. The van der Waals surface area contributed by atoms with E-state index in [2.05, 4.69) is 21.2 Å². The summed E-state index contributed by atoms with van der Waals surface area (Å²) in [4.78, 5) is 11.9. The van der Waals surface area contributed by atoms with E-state index in [-0.39, 0.29) is 11.9 Å². The molecule has 1 rings (SSSR count). The van der Waals surface area contributed by atoms with Gasteiger partial charge in [0.1, 0.15) is 0 Å². The highest BCUT2D eigenvalue weighted by Crippen LogP contribution is 2.21. The Hall–Kier alpha value is -0.250. The fourth-order valence-corrected chi connectivity index (χ4v) is 2.08. The molecule has 0 aliphatic carbocycles. The topological polar surface area (TPSA) is 29.1 Å². The zero-order valence-corrected chi connectivity index (χ0v) is 11.9. The molecule has 1 N–H and O–H groups in total. The molecule has 2 nitrogen and oxygen atoms in total. The molecule has 1 aromatic carbocycles. The van der Waals surface area contributed by atoms with Crippen molar-refractivity contribution in [1.29, 1.82) is 0 Å². The van der Waals surface area contributed by atoms with Crippen LogP contribution < -0.4 is 5.32 Å². The van der Waals surface area contributed by atoms with Gasteiger partial charge in [0.05, 0.1) is 5.56 Å². The monoisotopic (exact) mass is 323 g/mol. The lowest BCUT2D eigenvalue weighted by atomic mass is 10.2. The molecule has 88 valence electrons. The van der Waals surface area contributed by atoms with Crippen molar-refractivity contribution >= 4 is 45.0 Å². The average Bonchev–Trinajstić information content (AvgIpc) is 2.28. The first-order valence-corrected chi connectivity index (χ1v) is 6.61. The number of halogens is 3. The molecule has 0 bridgehead atoms. The fraction of sp³-hybridized carbons (Fsp3) is 0.364. The van der Waals surface area contributed by atoms with E-state index in [4.69, 9.17) is 23.2 Å². The van der Waals surface area contributed by atoms with Crippen LogP contribution in [0.15, 0.2) is 22.7 Å². The first-order chi connectivity index (χ1) is 7.58. The largest absolute Gasteiger partial charge is 0.348 e. The number of rotatable bonds is 4. The van der Waals surface area contributed by atoms with Crippen LogP contribution in [0, 0.1) is 0 Å². The average molecular weight is 325 g/mol. The number of carbonyl (C=O) groups is 1. The highest BCUT2D eigenvalue weighted by atomic mass is 79.9. The van der Waals surface area contributed by atoms with Crippen LogP contribution in [0.5, 0.6) is 0 Å². The van der Waals surface area contributed by atoms with Gasteiger partial charge in [-0.05, 0) is 40.5 Å². The second-order valence-corrected chi connectivity index (χ2v) is 4.96. The zero-order valence-electron chi connectivity index (χ0n) is 8.77. The van der Waals surface area contributed by atoms with E-state index >= 15 is 0 Å². The Morgan fingerprint density at radius 3 is 2.81 bits per heavy atom. The highest BCUT2D eigenvalue weighted by molar-refractivity contribution is 9.10. The van der Waals surface area contributed by atoms with Crippen molar-refractivity contribution in [2.24, 2.45) is 0 Å². The van der Waals surface area contributed by atoms with Gasteiger partial charge >= 0.3 is 0 Å². The van der Waals surface area contributed by atoms with Gasteiger partial charge in [-0.25, -0.2) is 0 Å². The maximum Gasteiger partial charge on any atom is 0.252 e. The van der Waals surface area contributed by atoms with Crippen LogP contribution in [0.3, 0.4) is 0 Å². The van der Waals surface area contributed by atoms with Crippen molar-refractivity contribution in [2.75, 3.05) is 5.88 Å². The lowest BCUT2D eigenvalue weighted by molar-refractivity contribution is 0.0939. The number of hydrogen-bond acceptors (Lipinski definition) is 1. The minimum absolute atomic E-state index is 0.0138. The summed E-state index contributed by atoms with van der Waals surface area (Å²) in [5.41, 5.74) is 0.524. The van der Waals surface area contributed by atoms with E-state index in [0.29, 0.717) is 16.5 Å². The molecule has 5 heteroatoms. The smallest absolute Gasteiger partial charge is 0.252 e. The van der Waals surface area contributed by atoms with Crippen molar-refractivity contribution in [3.05, 3.63) is 33.3 Å². The molecule has 0 saturated carbocycles. The van der Waals surface area contributed by atoms with Gasteiger partial charge in [0.15, 0.2) is 0 Å². The van der Waals surface area contributed by atoms with Crippen LogP contribution in [0.2, 0.25) is 5.02 Å². The summed E-state index contributed by atoms with van der Waals surface area (Å²) >= 11 is 14.9. The highest BCUT2D eigenvalue weighted by Gasteiger charge is 2.14. The van der Waals surface area contributed by atoms with Crippen molar-refractivity contribution in [3.8, 4) is 0 Å². The molecule has 1 aromatic rings. The Morgan fingerprint density at radius 1 is 1.56 bits per heavy atom. The van der Waals surface area contributed by atoms with Crippen LogP contribution >= 0.6 is 39.1 Å². The molecular formula is C11H12BrCl2NO.